The van der Waals surface area contributed by atoms with E-state index < -0.39 is 17.7 Å². The van der Waals surface area contributed by atoms with Crippen LogP contribution in [0.15, 0.2) is 42.5 Å². The zero-order chi connectivity index (χ0) is 35.3. The molecule has 2 unspecified atom stereocenters. The summed E-state index contributed by atoms with van der Waals surface area (Å²) in [6.45, 7) is 2.94. The number of hydrogen-bond acceptors (Lipinski definition) is 7. The van der Waals surface area contributed by atoms with Gasteiger partial charge in [0.25, 0.3) is 5.91 Å². The largest absolute Gasteiger partial charge is 0.493 e. The first-order chi connectivity index (χ1) is 24.0. The monoisotopic (exact) mass is 720 g/mol. The first kappa shape index (κ1) is 34.3. The number of amides is 1. The highest BCUT2D eigenvalue weighted by Crippen LogP contribution is 2.45. The molecule has 1 aliphatic carbocycles. The van der Waals surface area contributed by atoms with Gasteiger partial charge in [-0.2, -0.15) is 0 Å². The fourth-order valence-electron chi connectivity index (χ4n) is 7.65. The fraction of sp³-hybridized carbons (Fsp3) is 0.378. The van der Waals surface area contributed by atoms with Crippen LogP contribution in [0.4, 0.5) is 15.8 Å². The van der Waals surface area contributed by atoms with Crippen molar-refractivity contribution in [1.29, 1.82) is 0 Å². The van der Waals surface area contributed by atoms with E-state index in [1.54, 1.807) is 12.1 Å². The van der Waals surface area contributed by atoms with Crippen molar-refractivity contribution in [1.82, 2.24) is 19.4 Å². The Morgan fingerprint density at radius 2 is 1.86 bits per heavy atom. The molecule has 0 spiro atoms. The van der Waals surface area contributed by atoms with Gasteiger partial charge in [-0.05, 0) is 61.7 Å². The molecule has 3 heterocycles. The van der Waals surface area contributed by atoms with Crippen molar-refractivity contribution in [3.63, 3.8) is 0 Å². The van der Waals surface area contributed by atoms with Gasteiger partial charge in [-0.15, -0.1) is 0 Å². The van der Waals surface area contributed by atoms with Crippen LogP contribution in [-0.4, -0.2) is 70.1 Å². The summed E-state index contributed by atoms with van der Waals surface area (Å²) in [5, 5.41) is 16.4. The summed E-state index contributed by atoms with van der Waals surface area (Å²) in [5.41, 5.74) is 7.02. The zero-order valence-electron chi connectivity index (χ0n) is 28.2. The molecule has 3 aromatic carbocycles. The van der Waals surface area contributed by atoms with Gasteiger partial charge in [-0.3, -0.25) is 14.5 Å². The summed E-state index contributed by atoms with van der Waals surface area (Å²) in [6, 6.07) is 13.0. The predicted octanol–water partition coefficient (Wildman–Crippen LogP) is 6.79. The maximum absolute atomic E-state index is 16.0. The third-order valence-corrected chi connectivity index (χ3v) is 11.0. The van der Waals surface area contributed by atoms with Gasteiger partial charge in [0.15, 0.2) is 17.4 Å². The SMILES string of the molecule is COc1c(CN2CCC(C(=O)O)C2)cc(Cl)c(NC2CCc3c(-c4cccc(NC(=O)c5nc6c(n5C)CCN(C)C6)c4Cl)cccc32)c1F. The molecule has 1 aromatic heterocycles. The molecule has 1 saturated heterocycles. The standard InChI is InChI=1S/C37H39Cl2FN6O4/c1-44-14-13-30-29(19-44)42-35(45(30)2)36(47)43-28-9-5-8-25(31(28)39)22-6-4-7-24-23(22)10-11-27(24)41-33-26(38)16-21(34(50-3)32(33)40)18-46-15-12-20(17-46)37(48)49/h4-9,16,20,27,41H,10-15,17-19H2,1-3H3,(H,43,47)(H,48,49). The molecule has 4 aromatic rings. The zero-order valence-corrected chi connectivity index (χ0v) is 29.7. The molecule has 1 amide bonds. The molecule has 7 rings (SSSR count). The second-order valence-electron chi connectivity index (χ2n) is 13.4. The molecule has 2 aliphatic heterocycles. The van der Waals surface area contributed by atoms with Gasteiger partial charge in [0.05, 0.1) is 46.2 Å². The van der Waals surface area contributed by atoms with Crippen molar-refractivity contribution in [3.8, 4) is 16.9 Å². The summed E-state index contributed by atoms with van der Waals surface area (Å²) in [5.74, 6) is -1.73. The lowest BCUT2D eigenvalue weighted by molar-refractivity contribution is -0.141. The molecule has 13 heteroatoms. The second-order valence-corrected chi connectivity index (χ2v) is 14.2. The highest BCUT2D eigenvalue weighted by atomic mass is 35.5. The molecule has 3 aliphatic rings. The number of hydrogen-bond donors (Lipinski definition) is 3. The molecule has 10 nitrogen and oxygen atoms in total. The van der Waals surface area contributed by atoms with Gasteiger partial charge >= 0.3 is 5.97 Å². The van der Waals surface area contributed by atoms with E-state index in [-0.39, 0.29) is 28.4 Å². The number of benzene rings is 3. The normalized spacial score (nSPS) is 18.9. The molecule has 0 radical (unpaired) electrons. The molecule has 2 atom stereocenters. The summed E-state index contributed by atoms with van der Waals surface area (Å²) in [7, 11) is 5.34. The lowest BCUT2D eigenvalue weighted by atomic mass is 9.96. The van der Waals surface area contributed by atoms with Gasteiger partial charge < -0.3 is 29.9 Å². The number of carbonyl (C=O) groups excluding carboxylic acids is 1. The number of carboxylic acids is 1. The van der Waals surface area contributed by atoms with Crippen molar-refractivity contribution in [2.45, 2.75) is 44.8 Å². The number of ether oxygens (including phenoxy) is 1. The number of aliphatic carboxylic acids is 1. The van der Waals surface area contributed by atoms with Crippen LogP contribution >= 0.6 is 23.2 Å². The van der Waals surface area contributed by atoms with E-state index in [1.165, 1.54) is 7.11 Å². The first-order valence-corrected chi connectivity index (χ1v) is 17.5. The minimum Gasteiger partial charge on any atom is -0.493 e. The van der Waals surface area contributed by atoms with Crippen LogP contribution in [0, 0.1) is 11.7 Å². The Bertz CT molecular complexity index is 2000. The number of nitrogens with zero attached hydrogens (tertiary/aromatic N) is 4. The molecule has 262 valence electrons. The molecule has 0 saturated carbocycles. The van der Waals surface area contributed by atoms with Gasteiger partial charge in [-0.25, -0.2) is 9.37 Å². The van der Waals surface area contributed by atoms with E-state index in [2.05, 4.69) is 20.5 Å². The maximum atomic E-state index is 16.0. The minimum atomic E-state index is -0.822. The fourth-order valence-corrected chi connectivity index (χ4v) is 8.19. The third-order valence-electron chi connectivity index (χ3n) is 10.2. The third kappa shape index (κ3) is 6.32. The van der Waals surface area contributed by atoms with E-state index in [9.17, 15) is 14.7 Å². The lowest BCUT2D eigenvalue weighted by Gasteiger charge is -2.22. The summed E-state index contributed by atoms with van der Waals surface area (Å²) < 4.78 is 23.4. The molecular weight excluding hydrogens is 682 g/mol. The van der Waals surface area contributed by atoms with Crippen LogP contribution in [0.25, 0.3) is 11.1 Å². The van der Waals surface area contributed by atoms with Gasteiger partial charge in [-0.1, -0.05) is 53.5 Å². The predicted molar refractivity (Wildman–Crippen MR) is 192 cm³/mol. The highest BCUT2D eigenvalue weighted by molar-refractivity contribution is 6.36. The number of fused-ring (bicyclic) bond motifs is 2. The number of aromatic nitrogens is 2. The quantitative estimate of drug-likeness (QED) is 0.173. The Morgan fingerprint density at radius 3 is 2.62 bits per heavy atom. The van der Waals surface area contributed by atoms with E-state index in [0.717, 1.165) is 53.0 Å². The first-order valence-electron chi connectivity index (χ1n) is 16.8. The average molecular weight is 722 g/mol. The van der Waals surface area contributed by atoms with Crippen LogP contribution in [-0.2, 0) is 37.8 Å². The number of carbonyl (C=O) groups is 2. The van der Waals surface area contributed by atoms with Crippen molar-refractivity contribution in [2.75, 3.05) is 44.4 Å². The summed E-state index contributed by atoms with van der Waals surface area (Å²) in [4.78, 5) is 33.7. The number of halogens is 3. The van der Waals surface area contributed by atoms with Gasteiger partial charge in [0, 0.05) is 56.5 Å². The number of methoxy groups -OCH3 is 1. The van der Waals surface area contributed by atoms with Crippen molar-refractivity contribution in [3.05, 3.63) is 92.2 Å². The van der Waals surface area contributed by atoms with Crippen molar-refractivity contribution in [2.24, 2.45) is 13.0 Å². The van der Waals surface area contributed by atoms with Gasteiger partial charge in [0.2, 0.25) is 0 Å². The number of imidazole rings is 1. The van der Waals surface area contributed by atoms with E-state index in [0.29, 0.717) is 61.1 Å². The summed E-state index contributed by atoms with van der Waals surface area (Å²) in [6.07, 6.45) is 2.80. The van der Waals surface area contributed by atoms with E-state index in [4.69, 9.17) is 27.9 Å². The number of likely N-dealkylation sites (N-methyl/N-ethyl adjacent to an activating group) is 1. The summed E-state index contributed by atoms with van der Waals surface area (Å²) >= 11 is 13.7. The topological polar surface area (TPSA) is 112 Å². The Morgan fingerprint density at radius 1 is 1.08 bits per heavy atom. The molecular formula is C37H39Cl2FN6O4. The van der Waals surface area contributed by atoms with Crippen molar-refractivity contribution < 1.29 is 23.8 Å². The van der Waals surface area contributed by atoms with Crippen LogP contribution < -0.4 is 15.4 Å². The average Bonchev–Trinajstić information content (AvgIpc) is 3.81. The Balaban J connectivity index is 1.12. The lowest BCUT2D eigenvalue weighted by Crippen LogP contribution is -2.27. The van der Waals surface area contributed by atoms with Crippen LogP contribution in [0.1, 0.15) is 57.6 Å². The number of nitrogens with one attached hydrogen (secondary N) is 2. The van der Waals surface area contributed by atoms with Crippen LogP contribution in [0.5, 0.6) is 5.75 Å². The molecule has 3 N–H and O–H groups in total. The Kier molecular flexibility index (Phi) is 9.51. The highest BCUT2D eigenvalue weighted by Gasteiger charge is 2.32. The minimum absolute atomic E-state index is 0.0892. The Labute approximate surface area is 300 Å². The smallest absolute Gasteiger partial charge is 0.307 e. The van der Waals surface area contributed by atoms with Gasteiger partial charge in [0.1, 0.15) is 0 Å². The van der Waals surface area contributed by atoms with Crippen LogP contribution in [0.2, 0.25) is 10.0 Å². The Hall–Kier alpha value is -4.16. The number of carboxylic acid groups (broad SMARTS) is 1. The number of likely N-dealkylation sites (tertiary alicyclic amines) is 1. The van der Waals surface area contributed by atoms with E-state index in [1.807, 2.05) is 53.9 Å². The van der Waals surface area contributed by atoms with E-state index >= 15 is 4.39 Å². The number of anilines is 2. The maximum Gasteiger partial charge on any atom is 0.307 e. The van der Waals surface area contributed by atoms with Crippen LogP contribution in [0.3, 0.4) is 0 Å². The number of rotatable bonds is 9. The van der Waals surface area contributed by atoms with Crippen molar-refractivity contribution >= 4 is 46.5 Å². The molecule has 50 heavy (non-hydrogen) atoms. The second kappa shape index (κ2) is 13.9. The molecule has 0 bridgehead atoms. The molecule has 1 fully saturated rings.